The zero-order valence-electron chi connectivity index (χ0n) is 25.0. The molecule has 0 bridgehead atoms. The number of alkyl halides is 1. The summed E-state index contributed by atoms with van der Waals surface area (Å²) >= 11 is 3.13. The highest BCUT2D eigenvalue weighted by molar-refractivity contribution is 9.09. The highest BCUT2D eigenvalue weighted by atomic mass is 79.9. The van der Waals surface area contributed by atoms with Gasteiger partial charge in [0.1, 0.15) is 23.2 Å². The minimum atomic E-state index is -1.64. The van der Waals surface area contributed by atoms with E-state index in [9.17, 15) is 0 Å². The van der Waals surface area contributed by atoms with E-state index in [4.69, 9.17) is 0 Å². The monoisotopic (exact) mass is 687 g/mol. The van der Waals surface area contributed by atoms with Crippen LogP contribution in [0.1, 0.15) is 96.8 Å². The smallest absolute Gasteiger partial charge is 0.112 e. The molecule has 3 aromatic rings. The summed E-state index contributed by atoms with van der Waals surface area (Å²) in [4.78, 5) is 0. The standard InChI is InChI=1S/C34H48P.C3H5Br.BrH/c1-2-3-4-5-6-7-8-9-10-11-12-13-14-24-31-35(32-25-18-15-19-26-32,33-27-20-16-21-28-33)34-29-22-17-23-30-34;1-2-3-4;/h15-23,25-30H,2-14,24,31H2,1H3;2H,1,3H2;1H/q+1;;. The summed E-state index contributed by atoms with van der Waals surface area (Å²) in [5.74, 6) is 0. The molecule has 220 valence electrons. The Morgan fingerprint density at radius 3 is 1.07 bits per heavy atom. The van der Waals surface area contributed by atoms with Crippen LogP contribution in [0, 0.1) is 0 Å². The van der Waals surface area contributed by atoms with Crippen LogP contribution in [0.4, 0.5) is 0 Å². The molecular weight excluding hydrogens is 635 g/mol. The molecular formula is C37H54Br2P+. The molecule has 0 nitrogen and oxygen atoms in total. The van der Waals surface area contributed by atoms with E-state index in [1.807, 2.05) is 0 Å². The molecule has 0 N–H and O–H groups in total. The van der Waals surface area contributed by atoms with Crippen molar-refractivity contribution in [2.75, 3.05) is 11.5 Å². The third kappa shape index (κ3) is 13.6. The van der Waals surface area contributed by atoms with E-state index in [2.05, 4.69) is 120 Å². The average molecular weight is 690 g/mol. The van der Waals surface area contributed by atoms with E-state index in [0.29, 0.717) is 0 Å². The maximum Gasteiger partial charge on any atom is 0.112 e. The van der Waals surface area contributed by atoms with E-state index in [1.54, 1.807) is 6.08 Å². The van der Waals surface area contributed by atoms with E-state index in [-0.39, 0.29) is 17.0 Å². The van der Waals surface area contributed by atoms with E-state index in [0.717, 1.165) is 5.33 Å². The number of halogens is 2. The topological polar surface area (TPSA) is 0 Å². The Kier molecular flexibility index (Phi) is 22.5. The molecule has 3 aromatic carbocycles. The molecule has 0 saturated heterocycles. The lowest BCUT2D eigenvalue weighted by Crippen LogP contribution is -2.33. The van der Waals surface area contributed by atoms with Gasteiger partial charge in [-0.15, -0.1) is 23.6 Å². The molecule has 0 aliphatic carbocycles. The first kappa shape index (κ1) is 36.8. The van der Waals surface area contributed by atoms with Gasteiger partial charge >= 0.3 is 0 Å². The van der Waals surface area contributed by atoms with Crippen molar-refractivity contribution in [1.82, 2.24) is 0 Å². The highest BCUT2D eigenvalue weighted by Crippen LogP contribution is 2.56. The first-order valence-corrected chi connectivity index (χ1v) is 18.6. The normalized spacial score (nSPS) is 10.8. The van der Waals surface area contributed by atoms with Gasteiger partial charge in [0.15, 0.2) is 0 Å². The fourth-order valence-corrected chi connectivity index (χ4v) is 9.84. The van der Waals surface area contributed by atoms with Crippen LogP contribution in [0.5, 0.6) is 0 Å². The Balaban J connectivity index is 0.00000150. The number of hydrogen-bond acceptors (Lipinski definition) is 0. The fraction of sp³-hybridized carbons (Fsp3) is 0.459. The quantitative estimate of drug-likeness (QED) is 0.0509. The second-order valence-electron chi connectivity index (χ2n) is 10.6. The summed E-state index contributed by atoms with van der Waals surface area (Å²) in [6, 6.07) is 34.0. The van der Waals surface area contributed by atoms with Crippen LogP contribution in [-0.4, -0.2) is 11.5 Å². The first-order chi connectivity index (χ1) is 19.3. The molecule has 0 heterocycles. The van der Waals surface area contributed by atoms with Gasteiger partial charge in [-0.25, -0.2) is 0 Å². The lowest BCUT2D eigenvalue weighted by molar-refractivity contribution is 0.538. The van der Waals surface area contributed by atoms with Gasteiger partial charge in [0.2, 0.25) is 0 Å². The zero-order chi connectivity index (χ0) is 27.9. The Morgan fingerprint density at radius 1 is 0.525 bits per heavy atom. The molecule has 0 radical (unpaired) electrons. The lowest BCUT2D eigenvalue weighted by atomic mass is 10.0. The van der Waals surface area contributed by atoms with Gasteiger partial charge in [-0.05, 0) is 49.2 Å². The number of rotatable bonds is 19. The molecule has 0 fully saturated rings. The fourth-order valence-electron chi connectivity index (χ4n) is 5.43. The maximum absolute atomic E-state index is 3.43. The molecule has 0 atom stereocenters. The van der Waals surface area contributed by atoms with Crippen LogP contribution >= 0.6 is 40.2 Å². The van der Waals surface area contributed by atoms with Gasteiger partial charge in [-0.1, -0.05) is 161 Å². The van der Waals surface area contributed by atoms with Crippen molar-refractivity contribution in [3.63, 3.8) is 0 Å². The van der Waals surface area contributed by atoms with Crippen LogP contribution in [0.25, 0.3) is 0 Å². The summed E-state index contributed by atoms with van der Waals surface area (Å²) in [5.41, 5.74) is 0. The molecule has 3 rings (SSSR count). The van der Waals surface area contributed by atoms with Crippen molar-refractivity contribution in [2.45, 2.75) is 96.8 Å². The van der Waals surface area contributed by atoms with Crippen LogP contribution in [0.2, 0.25) is 0 Å². The third-order valence-corrected chi connectivity index (χ3v) is 12.5. The molecule has 0 aliphatic rings. The largest absolute Gasteiger partial charge is 0.114 e. The highest BCUT2D eigenvalue weighted by Gasteiger charge is 2.44. The summed E-state index contributed by atoms with van der Waals surface area (Å²) in [6.07, 6.45) is 22.8. The molecule has 3 heteroatoms. The van der Waals surface area contributed by atoms with Crippen LogP contribution < -0.4 is 15.9 Å². The summed E-state index contributed by atoms with van der Waals surface area (Å²) < 4.78 is 0. The predicted molar refractivity (Wildman–Crippen MR) is 195 cm³/mol. The average Bonchev–Trinajstić information content (AvgIpc) is 3.01. The Bertz CT molecular complexity index is 863. The second-order valence-corrected chi connectivity index (χ2v) is 14.8. The van der Waals surface area contributed by atoms with Crippen molar-refractivity contribution in [3.05, 3.63) is 104 Å². The van der Waals surface area contributed by atoms with Crippen molar-refractivity contribution >= 4 is 56.1 Å². The van der Waals surface area contributed by atoms with E-state index >= 15 is 0 Å². The summed E-state index contributed by atoms with van der Waals surface area (Å²) in [7, 11) is -1.64. The van der Waals surface area contributed by atoms with E-state index in [1.165, 1.54) is 112 Å². The third-order valence-electron chi connectivity index (χ3n) is 7.55. The number of benzene rings is 3. The van der Waals surface area contributed by atoms with Crippen LogP contribution in [0.3, 0.4) is 0 Å². The second kappa shape index (κ2) is 24.4. The van der Waals surface area contributed by atoms with Gasteiger partial charge in [0.05, 0.1) is 6.16 Å². The number of allylic oxidation sites excluding steroid dienone is 1. The van der Waals surface area contributed by atoms with Gasteiger partial charge in [0, 0.05) is 5.33 Å². The van der Waals surface area contributed by atoms with Gasteiger partial charge < -0.3 is 0 Å². The summed E-state index contributed by atoms with van der Waals surface area (Å²) in [5, 5.41) is 5.46. The first-order valence-electron chi connectivity index (χ1n) is 15.5. The van der Waals surface area contributed by atoms with Crippen LogP contribution in [0.15, 0.2) is 104 Å². The van der Waals surface area contributed by atoms with Crippen molar-refractivity contribution in [1.29, 1.82) is 0 Å². The molecule has 0 saturated carbocycles. The van der Waals surface area contributed by atoms with Crippen molar-refractivity contribution < 1.29 is 0 Å². The number of hydrogen-bond donors (Lipinski definition) is 0. The lowest BCUT2D eigenvalue weighted by Gasteiger charge is -2.27. The van der Waals surface area contributed by atoms with Gasteiger partial charge in [-0.3, -0.25) is 0 Å². The Hall–Kier alpha value is -1.21. The molecule has 0 aliphatic heterocycles. The summed E-state index contributed by atoms with van der Waals surface area (Å²) in [6.45, 7) is 5.73. The van der Waals surface area contributed by atoms with Crippen molar-refractivity contribution in [2.24, 2.45) is 0 Å². The minimum Gasteiger partial charge on any atom is -0.114 e. The SMILES string of the molecule is Br.C=CCBr.CCCCCCCCCCCCCCCC[P+](c1ccccc1)(c1ccccc1)c1ccccc1. The number of unbranched alkanes of at least 4 members (excludes halogenated alkanes) is 13. The van der Waals surface area contributed by atoms with Crippen LogP contribution in [-0.2, 0) is 0 Å². The predicted octanol–water partition coefficient (Wildman–Crippen LogP) is 11.6. The van der Waals surface area contributed by atoms with Gasteiger partial charge in [-0.2, -0.15) is 0 Å². The maximum atomic E-state index is 3.43. The Morgan fingerprint density at radius 2 is 0.800 bits per heavy atom. The van der Waals surface area contributed by atoms with Gasteiger partial charge in [0.25, 0.3) is 0 Å². The zero-order valence-corrected chi connectivity index (χ0v) is 29.2. The molecule has 0 amide bonds. The Labute approximate surface area is 266 Å². The molecule has 0 aromatic heterocycles. The molecule has 0 unspecified atom stereocenters. The van der Waals surface area contributed by atoms with Crippen molar-refractivity contribution in [3.8, 4) is 0 Å². The molecule has 40 heavy (non-hydrogen) atoms. The minimum absolute atomic E-state index is 0. The van der Waals surface area contributed by atoms with E-state index < -0.39 is 7.26 Å². The molecule has 0 spiro atoms.